The summed E-state index contributed by atoms with van der Waals surface area (Å²) in [7, 11) is 2.50. The molecule has 1 aliphatic rings. The van der Waals surface area contributed by atoms with E-state index in [1.54, 1.807) is 12.1 Å². The number of amides is 3. The van der Waals surface area contributed by atoms with Crippen molar-refractivity contribution >= 4 is 34.3 Å². The van der Waals surface area contributed by atoms with Crippen LogP contribution in [-0.4, -0.2) is 69.3 Å². The maximum Gasteiger partial charge on any atom is 0.270 e. The summed E-state index contributed by atoms with van der Waals surface area (Å²) < 4.78 is 56.9. The standard InChI is InChI=1S/C27H26F4N6O3/c1-27(2,31)11-20(37(4)25(39)19-9-14-16(28)10-17(29)21(30)23(14)34-19)26(40)36(3)13(12-32)8-15-22-18(35-24(15)38)6-5-7-33-22/h5-7,9-10,13,15,20,34H,8,11H2,1-4H3,(H,35,38). The van der Waals surface area contributed by atoms with Gasteiger partial charge in [0.25, 0.3) is 5.91 Å². The van der Waals surface area contributed by atoms with Gasteiger partial charge in [-0.05, 0) is 38.5 Å². The molecule has 4 rings (SSSR count). The van der Waals surface area contributed by atoms with Crippen molar-refractivity contribution in [2.24, 2.45) is 0 Å². The number of likely N-dealkylation sites (N-methyl/N-ethyl adjacent to an activating group) is 2. The summed E-state index contributed by atoms with van der Waals surface area (Å²) in [6.07, 6.45) is 0.908. The predicted molar refractivity (Wildman–Crippen MR) is 136 cm³/mol. The van der Waals surface area contributed by atoms with Crippen LogP contribution in [0.3, 0.4) is 0 Å². The van der Waals surface area contributed by atoms with Gasteiger partial charge < -0.3 is 20.1 Å². The lowest BCUT2D eigenvalue weighted by molar-refractivity contribution is -0.137. The summed E-state index contributed by atoms with van der Waals surface area (Å²) in [4.78, 5) is 48.0. The minimum Gasteiger partial charge on any atom is -0.348 e. The Morgan fingerprint density at radius 1 is 1.18 bits per heavy atom. The number of rotatable bonds is 8. The number of pyridine rings is 1. The Hall–Kier alpha value is -4.47. The zero-order valence-electron chi connectivity index (χ0n) is 22.1. The van der Waals surface area contributed by atoms with Crippen LogP contribution in [0.1, 0.15) is 48.8 Å². The molecular weight excluding hydrogens is 532 g/mol. The van der Waals surface area contributed by atoms with E-state index in [1.807, 2.05) is 6.07 Å². The fraction of sp³-hybridized carbons (Fsp3) is 0.370. The van der Waals surface area contributed by atoms with E-state index in [9.17, 15) is 37.2 Å². The highest BCUT2D eigenvalue weighted by Crippen LogP contribution is 2.34. The average molecular weight is 559 g/mol. The van der Waals surface area contributed by atoms with Crippen LogP contribution in [-0.2, 0) is 9.59 Å². The molecule has 3 aromatic rings. The maximum absolute atomic E-state index is 14.9. The molecule has 1 aliphatic heterocycles. The minimum absolute atomic E-state index is 0.107. The average Bonchev–Trinajstić information content (AvgIpc) is 3.48. The van der Waals surface area contributed by atoms with E-state index in [2.05, 4.69) is 15.3 Å². The Kier molecular flexibility index (Phi) is 7.56. The smallest absolute Gasteiger partial charge is 0.270 e. The largest absolute Gasteiger partial charge is 0.348 e. The van der Waals surface area contributed by atoms with Crippen LogP contribution in [0.25, 0.3) is 10.9 Å². The zero-order valence-corrected chi connectivity index (χ0v) is 22.1. The maximum atomic E-state index is 14.9. The summed E-state index contributed by atoms with van der Waals surface area (Å²) in [6.45, 7) is 2.41. The molecule has 2 N–H and O–H groups in total. The third-order valence-electron chi connectivity index (χ3n) is 6.91. The van der Waals surface area contributed by atoms with Gasteiger partial charge >= 0.3 is 0 Å². The number of H-pyrrole nitrogens is 1. The minimum atomic E-state index is -1.95. The molecule has 0 bridgehead atoms. The lowest BCUT2D eigenvalue weighted by Gasteiger charge is -2.35. The molecule has 0 fully saturated rings. The summed E-state index contributed by atoms with van der Waals surface area (Å²) in [6, 6.07) is 4.01. The first-order valence-electron chi connectivity index (χ1n) is 12.3. The number of anilines is 1. The second kappa shape index (κ2) is 10.6. The molecule has 40 heavy (non-hydrogen) atoms. The molecule has 210 valence electrons. The normalized spacial score (nSPS) is 16.2. The van der Waals surface area contributed by atoms with E-state index in [0.29, 0.717) is 17.4 Å². The van der Waals surface area contributed by atoms with Crippen LogP contribution < -0.4 is 5.32 Å². The van der Waals surface area contributed by atoms with E-state index >= 15 is 0 Å². The molecule has 0 saturated heterocycles. The number of nitrogens with one attached hydrogen (secondary N) is 2. The van der Waals surface area contributed by atoms with Gasteiger partial charge in [0.1, 0.15) is 29.3 Å². The first kappa shape index (κ1) is 28.5. The van der Waals surface area contributed by atoms with Crippen molar-refractivity contribution < 1.29 is 31.9 Å². The van der Waals surface area contributed by atoms with Gasteiger partial charge in [-0.15, -0.1) is 0 Å². The number of nitrogens with zero attached hydrogens (tertiary/aromatic N) is 4. The number of hydrogen-bond donors (Lipinski definition) is 2. The SMILES string of the molecule is CN(C(=O)C(CC(C)(C)F)N(C)C(=O)c1cc2c(F)cc(F)c(F)c2[nH]1)C(C#N)CC1C(=O)Nc2cccnc21. The van der Waals surface area contributed by atoms with Crippen molar-refractivity contribution in [2.75, 3.05) is 19.4 Å². The molecular formula is C27H26F4N6O3. The van der Waals surface area contributed by atoms with Gasteiger partial charge in [0.15, 0.2) is 11.6 Å². The van der Waals surface area contributed by atoms with Gasteiger partial charge in [-0.25, -0.2) is 17.6 Å². The molecule has 0 saturated carbocycles. The van der Waals surface area contributed by atoms with Gasteiger partial charge in [-0.2, -0.15) is 5.26 Å². The second-order valence-corrected chi connectivity index (χ2v) is 10.3. The Balaban J connectivity index is 1.61. The number of hydrogen-bond acceptors (Lipinski definition) is 5. The summed E-state index contributed by atoms with van der Waals surface area (Å²) in [5.74, 6) is -6.88. The highest BCUT2D eigenvalue weighted by Gasteiger charge is 2.40. The number of nitriles is 1. The lowest BCUT2D eigenvalue weighted by Crippen LogP contribution is -2.53. The van der Waals surface area contributed by atoms with Gasteiger partial charge in [0, 0.05) is 38.2 Å². The van der Waals surface area contributed by atoms with Crippen LogP contribution in [0.15, 0.2) is 30.5 Å². The van der Waals surface area contributed by atoms with Crippen LogP contribution in [0.2, 0.25) is 0 Å². The highest BCUT2D eigenvalue weighted by molar-refractivity contribution is 6.02. The van der Waals surface area contributed by atoms with E-state index in [4.69, 9.17) is 0 Å². The summed E-state index contributed by atoms with van der Waals surface area (Å²) >= 11 is 0. The monoisotopic (exact) mass is 558 g/mol. The molecule has 3 amide bonds. The van der Waals surface area contributed by atoms with Crippen molar-refractivity contribution in [3.8, 4) is 6.07 Å². The second-order valence-electron chi connectivity index (χ2n) is 10.3. The fourth-order valence-electron chi connectivity index (χ4n) is 4.76. The predicted octanol–water partition coefficient (Wildman–Crippen LogP) is 4.04. The third kappa shape index (κ3) is 5.34. The Morgan fingerprint density at radius 2 is 1.88 bits per heavy atom. The van der Waals surface area contributed by atoms with E-state index in [-0.39, 0.29) is 17.5 Å². The number of aromatic nitrogens is 2. The fourth-order valence-corrected chi connectivity index (χ4v) is 4.76. The third-order valence-corrected chi connectivity index (χ3v) is 6.91. The van der Waals surface area contributed by atoms with Gasteiger partial charge in [0.05, 0.1) is 28.9 Å². The number of carbonyl (C=O) groups is 3. The number of aromatic amines is 1. The molecule has 9 nitrogen and oxygen atoms in total. The Bertz CT molecular complexity index is 1540. The number of alkyl halides is 1. The van der Waals surface area contributed by atoms with Gasteiger partial charge in [0.2, 0.25) is 11.8 Å². The van der Waals surface area contributed by atoms with E-state index in [1.165, 1.54) is 34.1 Å². The van der Waals surface area contributed by atoms with Crippen molar-refractivity contribution in [2.45, 2.75) is 50.4 Å². The number of benzene rings is 1. The molecule has 2 aromatic heterocycles. The topological polar surface area (TPSA) is 122 Å². The van der Waals surface area contributed by atoms with Crippen LogP contribution >= 0.6 is 0 Å². The quantitative estimate of drug-likeness (QED) is 0.319. The molecule has 1 aromatic carbocycles. The van der Waals surface area contributed by atoms with Crippen LogP contribution in [0.5, 0.6) is 0 Å². The molecule has 0 spiro atoms. The van der Waals surface area contributed by atoms with Gasteiger partial charge in [-0.3, -0.25) is 19.4 Å². The first-order valence-corrected chi connectivity index (χ1v) is 12.3. The molecule has 3 atom stereocenters. The summed E-state index contributed by atoms with van der Waals surface area (Å²) in [5, 5.41) is 12.2. The number of carbonyl (C=O) groups excluding carboxylic acids is 3. The number of fused-ring (bicyclic) bond motifs is 2. The van der Waals surface area contributed by atoms with Crippen molar-refractivity contribution in [3.05, 3.63) is 59.3 Å². The zero-order chi connectivity index (χ0) is 29.5. The van der Waals surface area contributed by atoms with Crippen molar-refractivity contribution in [1.82, 2.24) is 19.8 Å². The van der Waals surface area contributed by atoms with E-state index in [0.717, 1.165) is 15.9 Å². The Morgan fingerprint density at radius 3 is 2.52 bits per heavy atom. The van der Waals surface area contributed by atoms with Crippen molar-refractivity contribution in [3.63, 3.8) is 0 Å². The first-order chi connectivity index (χ1) is 18.7. The Labute approximate surface area is 226 Å². The van der Waals surface area contributed by atoms with Crippen LogP contribution in [0, 0.1) is 28.8 Å². The van der Waals surface area contributed by atoms with Crippen LogP contribution in [0.4, 0.5) is 23.2 Å². The highest BCUT2D eigenvalue weighted by atomic mass is 19.2. The molecule has 3 heterocycles. The van der Waals surface area contributed by atoms with E-state index < -0.39 is 70.8 Å². The molecule has 3 unspecified atom stereocenters. The molecule has 0 aliphatic carbocycles. The lowest BCUT2D eigenvalue weighted by atomic mass is 9.95. The summed E-state index contributed by atoms with van der Waals surface area (Å²) in [5.41, 5.74) is -1.96. The van der Waals surface area contributed by atoms with Crippen molar-refractivity contribution in [1.29, 1.82) is 5.26 Å². The molecule has 0 radical (unpaired) electrons. The molecule has 13 heteroatoms. The number of halogens is 4. The van der Waals surface area contributed by atoms with Gasteiger partial charge in [-0.1, -0.05) is 0 Å².